The standard InChI is InChI=1S/Ir.4O.Pt.Sn/q;4*-2;;+4. The molecule has 1 radical (unpaired) electrons. The van der Waals surface area contributed by atoms with E-state index >= 15 is 0 Å². The molecule has 0 aliphatic carbocycles. The van der Waals surface area contributed by atoms with Crippen molar-refractivity contribution in [1.29, 1.82) is 0 Å². The first-order valence-electron chi connectivity index (χ1n) is 0. The fourth-order valence-corrected chi connectivity index (χ4v) is 0. The molecule has 51 valence electrons. The fraction of sp³-hybridized carbons (Fsp3) is 0. The maximum absolute atomic E-state index is 0. The molecule has 0 unspecified atom stereocenters. The molecule has 0 amide bonds. The Labute approximate surface area is 86.2 Å². The van der Waals surface area contributed by atoms with E-state index in [2.05, 4.69) is 0 Å². The van der Waals surface area contributed by atoms with Crippen LogP contribution >= 0.6 is 0 Å². The first kappa shape index (κ1) is 146. The molecule has 0 saturated heterocycles. The molecular formula is IrO4PtSn-4. The summed E-state index contributed by atoms with van der Waals surface area (Å²) < 4.78 is 0. The minimum atomic E-state index is 0. The summed E-state index contributed by atoms with van der Waals surface area (Å²) in [6.45, 7) is 0. The SMILES string of the molecule is [Ir].[O-2].[O-2].[O-2].[O-2].[Pt].[Sn+4]. The van der Waals surface area contributed by atoms with Crippen LogP contribution in [-0.4, -0.2) is 23.9 Å². The zero-order valence-corrected chi connectivity index (χ0v) is 10.3. The molecule has 0 aromatic heterocycles. The Balaban J connectivity index is 0. The zero-order chi connectivity index (χ0) is 0. The van der Waals surface area contributed by atoms with E-state index in [1.807, 2.05) is 0 Å². The molecule has 0 saturated carbocycles. The Bertz CT molecular complexity index is 11.7. The summed E-state index contributed by atoms with van der Waals surface area (Å²) in [6.07, 6.45) is 0. The van der Waals surface area contributed by atoms with Crippen LogP contribution in [0.25, 0.3) is 0 Å². The van der Waals surface area contributed by atoms with Crippen molar-refractivity contribution in [3.8, 4) is 0 Å². The molecule has 0 spiro atoms. The molecule has 0 aliphatic heterocycles. The molecule has 0 atom stereocenters. The van der Waals surface area contributed by atoms with Crippen LogP contribution in [0, 0.1) is 0 Å². The van der Waals surface area contributed by atoms with E-state index in [4.69, 9.17) is 0 Å². The molecule has 0 aliphatic rings. The van der Waals surface area contributed by atoms with Gasteiger partial charge in [-0.1, -0.05) is 0 Å². The second kappa shape index (κ2) is 99.4. The smallest absolute Gasteiger partial charge is 2.00 e. The summed E-state index contributed by atoms with van der Waals surface area (Å²) in [7, 11) is 0. The van der Waals surface area contributed by atoms with Crippen molar-refractivity contribution in [3.05, 3.63) is 0 Å². The number of rotatable bonds is 0. The summed E-state index contributed by atoms with van der Waals surface area (Å²) in [5.41, 5.74) is 0. The van der Waals surface area contributed by atoms with Gasteiger partial charge in [0.25, 0.3) is 0 Å². The van der Waals surface area contributed by atoms with E-state index in [1.165, 1.54) is 0 Å². The van der Waals surface area contributed by atoms with Crippen molar-refractivity contribution >= 4 is 23.9 Å². The van der Waals surface area contributed by atoms with Crippen LogP contribution in [0.5, 0.6) is 0 Å². The Hall–Kier alpha value is 1.98. The van der Waals surface area contributed by atoms with Crippen molar-refractivity contribution in [2.24, 2.45) is 0 Å². The average Bonchev–Trinajstić information content (AvgIpc) is 0. The number of hydrogen-bond acceptors (Lipinski definition) is 0. The summed E-state index contributed by atoms with van der Waals surface area (Å²) in [5, 5.41) is 0. The van der Waals surface area contributed by atoms with Crippen molar-refractivity contribution in [2.75, 3.05) is 0 Å². The summed E-state index contributed by atoms with van der Waals surface area (Å²) in [5.74, 6) is 0. The van der Waals surface area contributed by atoms with Gasteiger partial charge in [-0.05, 0) is 0 Å². The molecule has 0 rings (SSSR count). The van der Waals surface area contributed by atoms with Gasteiger partial charge >= 0.3 is 23.9 Å². The van der Waals surface area contributed by atoms with Crippen molar-refractivity contribution < 1.29 is 63.1 Å². The second-order valence-electron chi connectivity index (χ2n) is 0. The third kappa shape index (κ3) is 72.9. The van der Waals surface area contributed by atoms with Crippen LogP contribution in [-0.2, 0) is 63.1 Å². The molecule has 0 bridgehead atoms. The van der Waals surface area contributed by atoms with E-state index in [1.54, 1.807) is 0 Å². The van der Waals surface area contributed by atoms with Gasteiger partial charge in [-0.2, -0.15) is 0 Å². The fourth-order valence-electron chi connectivity index (χ4n) is 0. The predicted molar refractivity (Wildman–Crippen MR) is 8.50 cm³/mol. The van der Waals surface area contributed by atoms with Gasteiger partial charge in [-0.15, -0.1) is 0 Å². The van der Waals surface area contributed by atoms with Crippen molar-refractivity contribution in [1.82, 2.24) is 0 Å². The van der Waals surface area contributed by atoms with E-state index < -0.39 is 0 Å². The molecule has 0 aromatic rings. The zero-order valence-electron chi connectivity index (χ0n) is 2.78. The molecule has 0 N–H and O–H groups in total. The summed E-state index contributed by atoms with van der Waals surface area (Å²) in [6, 6.07) is 0. The van der Waals surface area contributed by atoms with Gasteiger partial charge in [0.1, 0.15) is 0 Å². The Morgan fingerprint density at radius 2 is 0.571 bits per heavy atom. The van der Waals surface area contributed by atoms with Crippen molar-refractivity contribution in [2.45, 2.75) is 0 Å². The normalized spacial score (nSPS) is 0. The topological polar surface area (TPSA) is 114 Å². The quantitative estimate of drug-likeness (QED) is 0.338. The van der Waals surface area contributed by atoms with Crippen LogP contribution in [0.15, 0.2) is 0 Å². The molecule has 4 nitrogen and oxygen atoms in total. The largest absolute Gasteiger partial charge is 4.00 e. The molecule has 7 heteroatoms. The maximum Gasteiger partial charge on any atom is 4.00 e. The van der Waals surface area contributed by atoms with Gasteiger partial charge in [0, 0.05) is 41.2 Å². The minimum absolute atomic E-state index is 0. The van der Waals surface area contributed by atoms with E-state index in [-0.39, 0.29) is 87.0 Å². The van der Waals surface area contributed by atoms with Crippen LogP contribution in [0.4, 0.5) is 0 Å². The first-order valence-corrected chi connectivity index (χ1v) is 0. The van der Waals surface area contributed by atoms with Crippen LogP contribution in [0.3, 0.4) is 0 Å². The monoisotopic (exact) mass is 572 g/mol. The van der Waals surface area contributed by atoms with E-state index in [0.717, 1.165) is 0 Å². The van der Waals surface area contributed by atoms with Crippen LogP contribution < -0.4 is 0 Å². The first-order chi connectivity index (χ1) is 0. The molecule has 0 aromatic carbocycles. The summed E-state index contributed by atoms with van der Waals surface area (Å²) in [4.78, 5) is 0. The van der Waals surface area contributed by atoms with Gasteiger partial charge in [0.15, 0.2) is 0 Å². The average molecular weight is 570 g/mol. The van der Waals surface area contributed by atoms with E-state index in [0.29, 0.717) is 0 Å². The predicted octanol–water partition coefficient (Wildman–Crippen LogP) is -0.861. The Kier molecular flexibility index (Phi) is 2080. The molecule has 0 fully saturated rings. The van der Waals surface area contributed by atoms with Crippen LogP contribution in [0.2, 0.25) is 0 Å². The minimum Gasteiger partial charge on any atom is -2.00 e. The van der Waals surface area contributed by atoms with Crippen molar-refractivity contribution in [3.63, 3.8) is 0 Å². The maximum atomic E-state index is 0. The van der Waals surface area contributed by atoms with Gasteiger partial charge < -0.3 is 21.9 Å². The Morgan fingerprint density at radius 1 is 0.571 bits per heavy atom. The Morgan fingerprint density at radius 3 is 0.571 bits per heavy atom. The molecular weight excluding hydrogens is 570 g/mol. The molecule has 0 heterocycles. The third-order valence-corrected chi connectivity index (χ3v) is 0. The van der Waals surface area contributed by atoms with Gasteiger partial charge in [-0.3, -0.25) is 0 Å². The number of hydrogen-bond donors (Lipinski definition) is 0. The molecule has 7 heavy (non-hydrogen) atoms. The van der Waals surface area contributed by atoms with Crippen LogP contribution in [0.1, 0.15) is 0 Å². The van der Waals surface area contributed by atoms with Gasteiger partial charge in [0.2, 0.25) is 0 Å². The van der Waals surface area contributed by atoms with E-state index in [9.17, 15) is 0 Å². The van der Waals surface area contributed by atoms with Gasteiger partial charge in [-0.25, -0.2) is 0 Å². The van der Waals surface area contributed by atoms with Gasteiger partial charge in [0.05, 0.1) is 0 Å². The second-order valence-corrected chi connectivity index (χ2v) is 0. The summed E-state index contributed by atoms with van der Waals surface area (Å²) >= 11 is 0. The third-order valence-electron chi connectivity index (χ3n) is 0.